The fourth-order valence-corrected chi connectivity index (χ4v) is 5.14. The third-order valence-corrected chi connectivity index (χ3v) is 6.71. The number of carbonyl (C=O) groups is 3. The van der Waals surface area contributed by atoms with Gasteiger partial charge >= 0.3 is 0 Å². The number of nitrogens with one attached hydrogen (secondary N) is 1. The molecule has 1 aromatic heterocycles. The lowest BCUT2D eigenvalue weighted by Crippen LogP contribution is -2.52. The van der Waals surface area contributed by atoms with Gasteiger partial charge in [-0.25, -0.2) is 4.98 Å². The number of imidazole rings is 1. The number of hydrogen-bond acceptors (Lipinski definition) is 6. The number of amides is 3. The Bertz CT molecular complexity index is 1060. The highest BCUT2D eigenvalue weighted by atomic mass is 16.2. The van der Waals surface area contributed by atoms with Gasteiger partial charge in [0.2, 0.25) is 11.8 Å². The van der Waals surface area contributed by atoms with Gasteiger partial charge in [-0.15, -0.1) is 0 Å². The third-order valence-electron chi connectivity index (χ3n) is 6.71. The SMILES string of the molecule is Cn1cncc1[C@@H]1CN(Cc2cccc3c2C(=O)N(C2CCC(=O)NC2=O)C3)C[C@H]1N. The maximum atomic E-state index is 13.3. The number of likely N-dealkylation sites (tertiary alicyclic amines) is 1. The maximum absolute atomic E-state index is 13.3. The molecule has 3 atom stereocenters. The first kappa shape index (κ1) is 19.9. The third kappa shape index (κ3) is 3.43. The van der Waals surface area contributed by atoms with Gasteiger partial charge in [0, 0.05) is 69.1 Å². The van der Waals surface area contributed by atoms with Gasteiger partial charge in [0.1, 0.15) is 6.04 Å². The first-order chi connectivity index (χ1) is 14.9. The highest BCUT2D eigenvalue weighted by molar-refractivity contribution is 6.06. The molecule has 5 rings (SSSR count). The molecular weight excluding hydrogens is 396 g/mol. The fraction of sp³-hybridized carbons (Fsp3) is 0.455. The molecule has 162 valence electrons. The number of rotatable bonds is 4. The predicted molar refractivity (Wildman–Crippen MR) is 112 cm³/mol. The predicted octanol–water partition coefficient (Wildman–Crippen LogP) is 0.108. The number of nitrogens with zero attached hydrogens (tertiary/aromatic N) is 4. The van der Waals surface area contributed by atoms with Crippen LogP contribution in [0.5, 0.6) is 0 Å². The largest absolute Gasteiger partial charge is 0.337 e. The zero-order chi connectivity index (χ0) is 21.7. The maximum Gasteiger partial charge on any atom is 0.255 e. The molecule has 0 bridgehead atoms. The van der Waals surface area contributed by atoms with Gasteiger partial charge in [-0.1, -0.05) is 18.2 Å². The van der Waals surface area contributed by atoms with E-state index in [0.717, 1.165) is 29.9 Å². The zero-order valence-corrected chi connectivity index (χ0v) is 17.5. The van der Waals surface area contributed by atoms with Crippen LogP contribution in [-0.2, 0) is 29.7 Å². The molecule has 9 nitrogen and oxygen atoms in total. The second-order valence-corrected chi connectivity index (χ2v) is 8.75. The van der Waals surface area contributed by atoms with Crippen LogP contribution >= 0.6 is 0 Å². The summed E-state index contributed by atoms with van der Waals surface area (Å²) in [7, 11) is 1.98. The summed E-state index contributed by atoms with van der Waals surface area (Å²) >= 11 is 0. The van der Waals surface area contributed by atoms with Gasteiger partial charge in [0.25, 0.3) is 5.91 Å². The number of piperidine rings is 1. The van der Waals surface area contributed by atoms with E-state index in [1.54, 1.807) is 11.2 Å². The summed E-state index contributed by atoms with van der Waals surface area (Å²) in [5.41, 5.74) is 10.1. The Balaban J connectivity index is 1.34. The number of carbonyl (C=O) groups excluding carboxylic acids is 3. The lowest BCUT2D eigenvalue weighted by atomic mass is 10.0. The number of benzene rings is 1. The van der Waals surface area contributed by atoms with Gasteiger partial charge < -0.3 is 15.2 Å². The second-order valence-electron chi connectivity index (χ2n) is 8.75. The Morgan fingerprint density at radius 3 is 2.81 bits per heavy atom. The van der Waals surface area contributed by atoms with Crippen molar-refractivity contribution in [1.29, 1.82) is 0 Å². The van der Waals surface area contributed by atoms with Crippen LogP contribution in [0.1, 0.15) is 45.9 Å². The molecule has 0 spiro atoms. The van der Waals surface area contributed by atoms with Gasteiger partial charge in [0.05, 0.1) is 6.33 Å². The Kier molecular flexibility index (Phi) is 4.86. The summed E-state index contributed by atoms with van der Waals surface area (Å²) < 4.78 is 2.01. The van der Waals surface area contributed by atoms with E-state index in [1.165, 1.54) is 0 Å². The summed E-state index contributed by atoms with van der Waals surface area (Å²) in [4.78, 5) is 45.2. The van der Waals surface area contributed by atoms with E-state index in [0.29, 0.717) is 25.1 Å². The molecule has 1 aromatic carbocycles. The molecule has 9 heteroatoms. The van der Waals surface area contributed by atoms with Gasteiger partial charge in [0.15, 0.2) is 0 Å². The topological polar surface area (TPSA) is 114 Å². The summed E-state index contributed by atoms with van der Waals surface area (Å²) in [6.07, 6.45) is 4.28. The molecule has 2 saturated heterocycles. The van der Waals surface area contributed by atoms with Gasteiger partial charge in [-0.3, -0.25) is 24.6 Å². The number of aryl methyl sites for hydroxylation is 1. The molecule has 3 N–H and O–H groups in total. The number of imide groups is 1. The zero-order valence-electron chi connectivity index (χ0n) is 17.5. The fourth-order valence-electron chi connectivity index (χ4n) is 5.14. The number of fused-ring (bicyclic) bond motifs is 1. The van der Waals surface area contributed by atoms with E-state index in [-0.39, 0.29) is 36.1 Å². The van der Waals surface area contributed by atoms with Gasteiger partial charge in [-0.2, -0.15) is 0 Å². The first-order valence-electron chi connectivity index (χ1n) is 10.6. The van der Waals surface area contributed by atoms with Crippen molar-refractivity contribution in [3.05, 3.63) is 53.1 Å². The Morgan fingerprint density at radius 2 is 2.06 bits per heavy atom. The van der Waals surface area contributed by atoms with E-state index in [9.17, 15) is 14.4 Å². The molecule has 0 radical (unpaired) electrons. The highest BCUT2D eigenvalue weighted by Gasteiger charge is 2.40. The second kappa shape index (κ2) is 7.58. The van der Waals surface area contributed by atoms with Crippen LogP contribution in [0.3, 0.4) is 0 Å². The van der Waals surface area contributed by atoms with E-state index in [4.69, 9.17) is 5.73 Å². The van der Waals surface area contributed by atoms with E-state index < -0.39 is 6.04 Å². The Morgan fingerprint density at radius 1 is 1.23 bits per heavy atom. The standard InChI is InChI=1S/C22H26N6O3/c1-26-12-24-7-18(26)15-10-27(11-16(15)23)8-13-3-2-4-14-9-28(22(31)20(13)14)17-5-6-19(29)25-21(17)30/h2-4,7,12,15-17H,5-6,8-11,23H2,1H3,(H,25,29,30)/t15-,16-,17?/m1/s1. The monoisotopic (exact) mass is 422 g/mol. The molecular formula is C22H26N6O3. The normalized spacial score (nSPS) is 26.5. The van der Waals surface area contributed by atoms with E-state index in [1.807, 2.05) is 36.0 Å². The average molecular weight is 422 g/mol. The average Bonchev–Trinajstić information content (AvgIpc) is 3.40. The molecule has 1 unspecified atom stereocenters. The van der Waals surface area contributed by atoms with Crippen LogP contribution in [0.25, 0.3) is 0 Å². The van der Waals surface area contributed by atoms with Crippen LogP contribution in [-0.4, -0.2) is 62.2 Å². The number of nitrogens with two attached hydrogens (primary N) is 1. The molecule has 0 aliphatic carbocycles. The lowest BCUT2D eigenvalue weighted by molar-refractivity contribution is -0.136. The van der Waals surface area contributed by atoms with Crippen molar-refractivity contribution in [3.8, 4) is 0 Å². The van der Waals surface area contributed by atoms with Crippen molar-refractivity contribution in [2.45, 2.75) is 43.9 Å². The minimum atomic E-state index is -0.597. The van der Waals surface area contributed by atoms with Crippen molar-refractivity contribution >= 4 is 17.7 Å². The van der Waals surface area contributed by atoms with E-state index >= 15 is 0 Å². The van der Waals surface area contributed by atoms with Crippen LogP contribution in [0.4, 0.5) is 0 Å². The molecule has 3 amide bonds. The van der Waals surface area contributed by atoms with Crippen LogP contribution in [0, 0.1) is 0 Å². The van der Waals surface area contributed by atoms with Crippen molar-refractivity contribution in [2.75, 3.05) is 13.1 Å². The van der Waals surface area contributed by atoms with Crippen LogP contribution in [0.2, 0.25) is 0 Å². The summed E-state index contributed by atoms with van der Waals surface area (Å²) in [6.45, 7) is 2.56. The Labute approximate surface area is 180 Å². The molecule has 3 aliphatic heterocycles. The first-order valence-corrected chi connectivity index (χ1v) is 10.6. The van der Waals surface area contributed by atoms with Gasteiger partial charge in [-0.05, 0) is 17.5 Å². The lowest BCUT2D eigenvalue weighted by Gasteiger charge is -2.29. The molecule has 4 heterocycles. The van der Waals surface area contributed by atoms with Crippen molar-refractivity contribution in [3.63, 3.8) is 0 Å². The molecule has 0 saturated carbocycles. The summed E-state index contributed by atoms with van der Waals surface area (Å²) in [5, 5.41) is 2.35. The smallest absolute Gasteiger partial charge is 0.255 e. The molecule has 3 aliphatic rings. The summed E-state index contributed by atoms with van der Waals surface area (Å²) in [6, 6.07) is 5.29. The van der Waals surface area contributed by atoms with Crippen LogP contribution < -0.4 is 11.1 Å². The molecule has 2 fully saturated rings. The molecule has 31 heavy (non-hydrogen) atoms. The minimum Gasteiger partial charge on any atom is -0.337 e. The van der Waals surface area contributed by atoms with E-state index in [2.05, 4.69) is 15.2 Å². The number of hydrogen-bond donors (Lipinski definition) is 2. The number of aromatic nitrogens is 2. The van der Waals surface area contributed by atoms with Crippen molar-refractivity contribution < 1.29 is 14.4 Å². The Hall–Kier alpha value is -3.04. The summed E-state index contributed by atoms with van der Waals surface area (Å²) in [5.74, 6) is -0.602. The van der Waals surface area contributed by atoms with Crippen molar-refractivity contribution in [1.82, 2.24) is 24.7 Å². The van der Waals surface area contributed by atoms with Crippen LogP contribution in [0.15, 0.2) is 30.7 Å². The highest BCUT2D eigenvalue weighted by Crippen LogP contribution is 2.32. The van der Waals surface area contributed by atoms with Crippen molar-refractivity contribution in [2.24, 2.45) is 12.8 Å². The molecule has 2 aromatic rings. The quantitative estimate of drug-likeness (QED) is 0.676. The minimum absolute atomic E-state index is 0.00262.